The lowest BCUT2D eigenvalue weighted by Crippen LogP contribution is -1.93. The average Bonchev–Trinajstić information content (AvgIpc) is 2.28. The van der Waals surface area contributed by atoms with Crippen molar-refractivity contribution in [3.05, 3.63) is 29.3 Å². The lowest BCUT2D eigenvalue weighted by atomic mass is 10.1. The molecule has 2 rings (SSSR count). The number of aryl methyl sites for hydroxylation is 1. The quantitative estimate of drug-likeness (QED) is 0.607. The molecule has 0 N–H and O–H groups in total. The zero-order valence-corrected chi connectivity index (χ0v) is 7.99. The van der Waals surface area contributed by atoms with E-state index in [4.69, 9.17) is 4.74 Å². The van der Waals surface area contributed by atoms with Crippen molar-refractivity contribution in [3.63, 3.8) is 0 Å². The van der Waals surface area contributed by atoms with Crippen LogP contribution in [0.1, 0.15) is 11.1 Å². The zero-order chi connectivity index (χ0) is 8.39. The van der Waals surface area contributed by atoms with Crippen LogP contribution in [0, 0.1) is 6.92 Å². The monoisotopic (exact) mass is 180 g/mol. The molecule has 0 aromatic heterocycles. The number of benzene rings is 1. The molecule has 0 fully saturated rings. The summed E-state index contributed by atoms with van der Waals surface area (Å²) in [6.07, 6.45) is 1.06. The first-order valence-electron chi connectivity index (χ1n) is 4.16. The van der Waals surface area contributed by atoms with Crippen molar-refractivity contribution in [2.24, 2.45) is 0 Å². The minimum absolute atomic E-state index is 0.802. The average molecular weight is 180 g/mol. The van der Waals surface area contributed by atoms with Gasteiger partial charge in [0.05, 0.1) is 12.5 Å². The molecular weight excluding hydrogens is 168 g/mol. The Balaban J connectivity index is 2.36. The Morgan fingerprint density at radius 1 is 1.42 bits per heavy atom. The molecule has 1 nitrogen and oxygen atoms in total. The van der Waals surface area contributed by atoms with E-state index in [2.05, 4.69) is 25.1 Å². The Kier molecular flexibility index (Phi) is 2.38. The highest BCUT2D eigenvalue weighted by Crippen LogP contribution is 2.26. The molecule has 0 atom stereocenters. The maximum atomic E-state index is 5.38. The van der Waals surface area contributed by atoms with Crippen molar-refractivity contribution in [1.82, 2.24) is 0 Å². The van der Waals surface area contributed by atoms with Gasteiger partial charge in [0.15, 0.2) is 0 Å². The van der Waals surface area contributed by atoms with Crippen LogP contribution in [-0.4, -0.2) is 12.5 Å². The first-order chi connectivity index (χ1) is 5.86. The largest absolute Gasteiger partial charge is 0.370 e. The Morgan fingerprint density at radius 2 is 2.33 bits per heavy atom. The predicted molar refractivity (Wildman–Crippen MR) is 51.6 cm³/mol. The summed E-state index contributed by atoms with van der Waals surface area (Å²) in [5, 5.41) is 0. The predicted octanol–water partition coefficient (Wildman–Crippen LogP) is 2.62. The normalized spacial score (nSPS) is 16.8. The van der Waals surface area contributed by atoms with E-state index in [0.717, 1.165) is 19.0 Å². The zero-order valence-electron chi connectivity index (χ0n) is 7.17. The second kappa shape index (κ2) is 3.50. The number of hydrogen-bond acceptors (Lipinski definition) is 2. The fourth-order valence-corrected chi connectivity index (χ4v) is 2.30. The molecule has 1 aliphatic rings. The van der Waals surface area contributed by atoms with E-state index in [9.17, 15) is 0 Å². The summed E-state index contributed by atoms with van der Waals surface area (Å²) in [5.41, 5.74) is 2.77. The third-order valence-corrected chi connectivity index (χ3v) is 3.01. The fraction of sp³-hybridized carbons (Fsp3) is 0.400. The number of thioether (sulfide) groups is 1. The molecule has 0 bridgehead atoms. The topological polar surface area (TPSA) is 9.23 Å². The van der Waals surface area contributed by atoms with Gasteiger partial charge in [-0.05, 0) is 30.5 Å². The maximum absolute atomic E-state index is 5.38. The fourth-order valence-electron chi connectivity index (χ4n) is 1.35. The van der Waals surface area contributed by atoms with E-state index in [1.165, 1.54) is 16.0 Å². The summed E-state index contributed by atoms with van der Waals surface area (Å²) in [6.45, 7) is 3.00. The first-order valence-corrected chi connectivity index (χ1v) is 5.15. The molecule has 0 saturated carbocycles. The molecule has 1 aromatic rings. The van der Waals surface area contributed by atoms with Gasteiger partial charge in [-0.25, -0.2) is 0 Å². The van der Waals surface area contributed by atoms with Crippen LogP contribution in [0.3, 0.4) is 0 Å². The minimum Gasteiger partial charge on any atom is -0.370 e. The van der Waals surface area contributed by atoms with Crippen molar-refractivity contribution < 1.29 is 4.74 Å². The van der Waals surface area contributed by atoms with Crippen LogP contribution in [-0.2, 0) is 11.2 Å². The van der Waals surface area contributed by atoms with Crippen molar-refractivity contribution in [1.29, 1.82) is 0 Å². The lowest BCUT2D eigenvalue weighted by molar-refractivity contribution is 0.188. The van der Waals surface area contributed by atoms with Crippen LogP contribution in [0.4, 0.5) is 0 Å². The van der Waals surface area contributed by atoms with Gasteiger partial charge in [-0.15, -0.1) is 0 Å². The van der Waals surface area contributed by atoms with E-state index >= 15 is 0 Å². The van der Waals surface area contributed by atoms with E-state index in [1.807, 2.05) is 0 Å². The highest BCUT2D eigenvalue weighted by molar-refractivity contribution is 7.99. The second-order valence-corrected chi connectivity index (χ2v) is 4.00. The third-order valence-electron chi connectivity index (χ3n) is 2.04. The van der Waals surface area contributed by atoms with E-state index < -0.39 is 0 Å². The highest BCUT2D eigenvalue weighted by Gasteiger charge is 2.07. The van der Waals surface area contributed by atoms with Crippen LogP contribution in [0.15, 0.2) is 23.1 Å². The van der Waals surface area contributed by atoms with Crippen molar-refractivity contribution in [2.45, 2.75) is 18.2 Å². The molecule has 0 amide bonds. The summed E-state index contributed by atoms with van der Waals surface area (Å²) in [6, 6.07) is 6.63. The lowest BCUT2D eigenvalue weighted by Gasteiger charge is -2.03. The van der Waals surface area contributed by atoms with Gasteiger partial charge in [0.25, 0.3) is 0 Å². The Morgan fingerprint density at radius 3 is 3.25 bits per heavy atom. The van der Waals surface area contributed by atoms with Gasteiger partial charge in [-0.3, -0.25) is 0 Å². The number of ether oxygens (including phenoxy) is 1. The van der Waals surface area contributed by atoms with Gasteiger partial charge in [0.1, 0.15) is 0 Å². The second-order valence-electron chi connectivity index (χ2n) is 3.03. The number of rotatable bonds is 0. The first kappa shape index (κ1) is 8.14. The van der Waals surface area contributed by atoms with Crippen LogP contribution >= 0.6 is 11.8 Å². The molecule has 0 spiro atoms. The van der Waals surface area contributed by atoms with Crippen molar-refractivity contribution in [3.8, 4) is 0 Å². The van der Waals surface area contributed by atoms with Gasteiger partial charge in [-0.1, -0.05) is 23.9 Å². The number of hydrogen-bond donors (Lipinski definition) is 0. The molecule has 2 heteroatoms. The molecule has 64 valence electrons. The molecule has 12 heavy (non-hydrogen) atoms. The van der Waals surface area contributed by atoms with Crippen LogP contribution in [0.5, 0.6) is 0 Å². The summed E-state index contributed by atoms with van der Waals surface area (Å²) in [5.74, 6) is 0.802. The number of fused-ring (bicyclic) bond motifs is 1. The molecular formula is C10H12OS. The van der Waals surface area contributed by atoms with Crippen LogP contribution in [0.25, 0.3) is 0 Å². The summed E-state index contributed by atoms with van der Waals surface area (Å²) in [7, 11) is 0. The Labute approximate surface area is 77.1 Å². The Hall–Kier alpha value is -0.470. The van der Waals surface area contributed by atoms with Crippen molar-refractivity contribution >= 4 is 11.8 Å². The summed E-state index contributed by atoms with van der Waals surface area (Å²) < 4.78 is 5.38. The highest BCUT2D eigenvalue weighted by atomic mass is 32.2. The molecule has 0 unspecified atom stereocenters. The van der Waals surface area contributed by atoms with Gasteiger partial charge in [0.2, 0.25) is 0 Å². The molecule has 0 saturated heterocycles. The van der Waals surface area contributed by atoms with Gasteiger partial charge >= 0.3 is 0 Å². The van der Waals surface area contributed by atoms with Crippen LogP contribution in [0.2, 0.25) is 0 Å². The maximum Gasteiger partial charge on any atom is 0.0967 e. The summed E-state index contributed by atoms with van der Waals surface area (Å²) >= 11 is 1.80. The summed E-state index contributed by atoms with van der Waals surface area (Å²) in [4.78, 5) is 1.40. The van der Waals surface area contributed by atoms with E-state index in [0.29, 0.717) is 0 Å². The smallest absolute Gasteiger partial charge is 0.0967 e. The van der Waals surface area contributed by atoms with Gasteiger partial charge in [-0.2, -0.15) is 0 Å². The molecule has 1 heterocycles. The van der Waals surface area contributed by atoms with E-state index in [-0.39, 0.29) is 0 Å². The van der Waals surface area contributed by atoms with E-state index in [1.54, 1.807) is 11.8 Å². The minimum atomic E-state index is 0.802. The van der Waals surface area contributed by atoms with Gasteiger partial charge in [0, 0.05) is 4.90 Å². The van der Waals surface area contributed by atoms with Crippen molar-refractivity contribution in [2.75, 3.05) is 12.5 Å². The standard InChI is InChI=1S/C10H12OS/c1-8-2-3-9-4-5-11-7-12-10(9)6-8/h2-3,6H,4-5,7H2,1H3. The molecule has 1 aliphatic heterocycles. The molecule has 1 aromatic carbocycles. The Bertz CT molecular complexity index is 283. The SMILES string of the molecule is Cc1ccc2c(c1)SCOCC2. The molecule has 0 aliphatic carbocycles. The molecule has 0 radical (unpaired) electrons. The van der Waals surface area contributed by atoms with Crippen LogP contribution < -0.4 is 0 Å². The third kappa shape index (κ3) is 1.65. The van der Waals surface area contributed by atoms with Gasteiger partial charge < -0.3 is 4.74 Å².